The number of nitrogens with zero attached hydrogens (tertiary/aromatic N) is 3. The highest BCUT2D eigenvalue weighted by atomic mass is 32.2. The zero-order chi connectivity index (χ0) is 22.7. The van der Waals surface area contributed by atoms with Gasteiger partial charge in [-0.05, 0) is 68.1 Å². The van der Waals surface area contributed by atoms with Gasteiger partial charge in [-0.1, -0.05) is 36.9 Å². The van der Waals surface area contributed by atoms with Gasteiger partial charge in [-0.25, -0.2) is 4.68 Å². The summed E-state index contributed by atoms with van der Waals surface area (Å²) >= 11 is 1.44. The molecule has 0 spiro atoms. The minimum Gasteiger partial charge on any atom is -0.494 e. The first kappa shape index (κ1) is 22.2. The molecule has 8 heteroatoms. The van der Waals surface area contributed by atoms with Gasteiger partial charge in [0.25, 0.3) is 0 Å². The van der Waals surface area contributed by atoms with Gasteiger partial charge in [-0.3, -0.25) is 4.79 Å². The molecule has 1 aromatic heterocycles. The van der Waals surface area contributed by atoms with Crippen LogP contribution in [0, 0.1) is 13.8 Å². The molecule has 0 saturated carbocycles. The monoisotopic (exact) mass is 451 g/mol. The number of aryl methyl sites for hydroxylation is 3. The molecule has 2 N–H and O–H groups in total. The second kappa shape index (κ2) is 9.65. The van der Waals surface area contributed by atoms with Gasteiger partial charge in [0.05, 0.1) is 12.6 Å². The van der Waals surface area contributed by atoms with Gasteiger partial charge in [0.1, 0.15) is 11.0 Å². The van der Waals surface area contributed by atoms with Crippen molar-refractivity contribution in [3.63, 3.8) is 0 Å². The second-order valence-electron chi connectivity index (χ2n) is 7.92. The zero-order valence-corrected chi connectivity index (χ0v) is 19.7. The molecular weight excluding hydrogens is 422 g/mol. The number of benzene rings is 2. The second-order valence-corrected chi connectivity index (χ2v) is 9.03. The van der Waals surface area contributed by atoms with Crippen molar-refractivity contribution in [3.05, 3.63) is 65.0 Å². The number of carbonyl (C=O) groups excluding carboxylic acids is 1. The first-order valence-electron chi connectivity index (χ1n) is 11.0. The smallest absolute Gasteiger partial charge is 0.240 e. The average molecular weight is 452 g/mol. The number of thioether (sulfide) groups is 1. The maximum atomic E-state index is 13.4. The molecule has 7 nitrogen and oxygen atoms in total. The Morgan fingerprint density at radius 1 is 1.12 bits per heavy atom. The number of rotatable bonds is 7. The molecule has 0 radical (unpaired) electrons. The third-order valence-corrected chi connectivity index (χ3v) is 6.78. The summed E-state index contributed by atoms with van der Waals surface area (Å²) < 4.78 is 7.51. The summed E-state index contributed by atoms with van der Waals surface area (Å²) in [6.07, 6.45) is 1.78. The molecule has 0 saturated heterocycles. The Morgan fingerprint density at radius 3 is 2.59 bits per heavy atom. The molecule has 3 aromatic rings. The van der Waals surface area contributed by atoms with Crippen LogP contribution >= 0.6 is 11.8 Å². The summed E-state index contributed by atoms with van der Waals surface area (Å²) in [5.41, 5.74) is 7.64. The SMILES string of the molecule is CCCc1nnc2n1N[C@@H](c1ccc(OCC)cc1)[C@H](C(=O)Nc1ccc(C)c(C)c1)S2. The lowest BCUT2D eigenvalue weighted by Gasteiger charge is -2.33. The van der Waals surface area contributed by atoms with Gasteiger partial charge in [-0.2, -0.15) is 0 Å². The topological polar surface area (TPSA) is 81.1 Å². The number of fused-ring (bicyclic) bond motifs is 1. The summed E-state index contributed by atoms with van der Waals surface area (Å²) in [7, 11) is 0. The first-order chi connectivity index (χ1) is 15.5. The number of ether oxygens (including phenoxy) is 1. The molecule has 2 heterocycles. The number of hydrogen-bond acceptors (Lipinski definition) is 6. The Morgan fingerprint density at radius 2 is 1.91 bits per heavy atom. The van der Waals surface area contributed by atoms with Crippen LogP contribution < -0.4 is 15.5 Å². The number of nitrogens with one attached hydrogen (secondary N) is 2. The summed E-state index contributed by atoms with van der Waals surface area (Å²) in [6, 6.07) is 13.6. The average Bonchev–Trinajstić information content (AvgIpc) is 3.18. The molecule has 2 atom stereocenters. The highest BCUT2D eigenvalue weighted by Crippen LogP contribution is 2.38. The predicted octanol–water partition coefficient (Wildman–Crippen LogP) is 4.64. The lowest BCUT2D eigenvalue weighted by Crippen LogP contribution is -2.41. The summed E-state index contributed by atoms with van der Waals surface area (Å²) in [5.74, 6) is 1.61. The van der Waals surface area contributed by atoms with Gasteiger partial charge in [0, 0.05) is 12.1 Å². The van der Waals surface area contributed by atoms with Crippen molar-refractivity contribution < 1.29 is 9.53 Å². The molecule has 0 aliphatic carbocycles. The number of amides is 1. The first-order valence-corrected chi connectivity index (χ1v) is 11.9. The van der Waals surface area contributed by atoms with E-state index in [4.69, 9.17) is 4.74 Å². The molecule has 32 heavy (non-hydrogen) atoms. The Labute approximate surface area is 192 Å². The standard InChI is InChI=1S/C24H29N5O2S/c1-5-7-20-26-27-24-29(20)28-21(17-9-12-19(13-10-17)31-6-2)22(32-24)23(30)25-18-11-8-15(3)16(4)14-18/h8-14,21-22,28H,5-7H2,1-4H3,(H,25,30)/t21-,22+/m0/s1. The quantitative estimate of drug-likeness (QED) is 0.545. The lowest BCUT2D eigenvalue weighted by atomic mass is 10.0. The van der Waals surface area contributed by atoms with Crippen LogP contribution in [-0.4, -0.2) is 32.6 Å². The van der Waals surface area contributed by atoms with Crippen LogP contribution in [0.5, 0.6) is 5.75 Å². The molecule has 0 fully saturated rings. The van der Waals surface area contributed by atoms with Crippen molar-refractivity contribution in [1.82, 2.24) is 14.9 Å². The normalized spacial score (nSPS) is 17.4. The number of carbonyl (C=O) groups is 1. The van der Waals surface area contributed by atoms with E-state index < -0.39 is 5.25 Å². The van der Waals surface area contributed by atoms with Crippen LogP contribution in [0.15, 0.2) is 47.6 Å². The molecule has 0 unspecified atom stereocenters. The van der Waals surface area contributed by atoms with Crippen LogP contribution in [0.4, 0.5) is 5.69 Å². The third kappa shape index (κ3) is 4.60. The fraction of sp³-hybridized carbons (Fsp3) is 0.375. The molecule has 168 valence electrons. The lowest BCUT2D eigenvalue weighted by molar-refractivity contribution is -0.116. The van der Waals surface area contributed by atoms with E-state index in [0.717, 1.165) is 41.2 Å². The van der Waals surface area contributed by atoms with Crippen molar-refractivity contribution in [3.8, 4) is 5.75 Å². The van der Waals surface area contributed by atoms with Crippen molar-refractivity contribution in [2.45, 2.75) is 57.0 Å². The van der Waals surface area contributed by atoms with E-state index in [1.807, 2.05) is 61.0 Å². The predicted molar refractivity (Wildman–Crippen MR) is 128 cm³/mol. The number of hydrogen-bond donors (Lipinski definition) is 2. The van der Waals surface area contributed by atoms with Gasteiger partial charge in [0.15, 0.2) is 5.82 Å². The fourth-order valence-corrected chi connectivity index (χ4v) is 4.80. The van der Waals surface area contributed by atoms with Gasteiger partial charge < -0.3 is 15.5 Å². The summed E-state index contributed by atoms with van der Waals surface area (Å²) in [6.45, 7) is 8.79. The highest BCUT2D eigenvalue weighted by Gasteiger charge is 2.37. The molecule has 2 aromatic carbocycles. The van der Waals surface area contributed by atoms with Crippen molar-refractivity contribution >= 4 is 23.4 Å². The van der Waals surface area contributed by atoms with E-state index in [1.165, 1.54) is 17.3 Å². The maximum Gasteiger partial charge on any atom is 0.240 e. The Kier molecular flexibility index (Phi) is 6.69. The molecule has 1 aliphatic rings. The largest absolute Gasteiger partial charge is 0.494 e. The van der Waals surface area contributed by atoms with E-state index in [9.17, 15) is 4.79 Å². The molecule has 0 bridgehead atoms. The van der Waals surface area contributed by atoms with E-state index in [2.05, 4.69) is 34.8 Å². The van der Waals surface area contributed by atoms with Crippen LogP contribution in [0.3, 0.4) is 0 Å². The zero-order valence-electron chi connectivity index (χ0n) is 18.9. The maximum absolute atomic E-state index is 13.4. The van der Waals surface area contributed by atoms with Crippen molar-refractivity contribution in [2.24, 2.45) is 0 Å². The van der Waals surface area contributed by atoms with Gasteiger partial charge in [0.2, 0.25) is 11.1 Å². The van der Waals surface area contributed by atoms with E-state index >= 15 is 0 Å². The highest BCUT2D eigenvalue weighted by molar-refractivity contribution is 8.00. The van der Waals surface area contributed by atoms with Crippen molar-refractivity contribution in [1.29, 1.82) is 0 Å². The van der Waals surface area contributed by atoms with E-state index in [1.54, 1.807) is 0 Å². The summed E-state index contributed by atoms with van der Waals surface area (Å²) in [4.78, 5) is 13.4. The fourth-order valence-electron chi connectivity index (χ4n) is 3.70. The Bertz CT molecular complexity index is 1100. The minimum atomic E-state index is -0.416. The summed E-state index contributed by atoms with van der Waals surface area (Å²) in [5, 5.41) is 12.0. The molecule has 4 rings (SSSR count). The minimum absolute atomic E-state index is 0.0732. The van der Waals surface area contributed by atoms with E-state index in [0.29, 0.717) is 11.8 Å². The number of aromatic nitrogens is 3. The van der Waals surface area contributed by atoms with E-state index in [-0.39, 0.29) is 11.9 Å². The van der Waals surface area contributed by atoms with Crippen LogP contribution in [0.2, 0.25) is 0 Å². The van der Waals surface area contributed by atoms with Crippen LogP contribution in [0.25, 0.3) is 0 Å². The number of anilines is 1. The van der Waals surface area contributed by atoms with Gasteiger partial charge >= 0.3 is 0 Å². The Balaban J connectivity index is 1.64. The van der Waals surface area contributed by atoms with Gasteiger partial charge in [-0.15, -0.1) is 10.2 Å². The molecule has 1 aliphatic heterocycles. The van der Waals surface area contributed by atoms with Crippen LogP contribution in [0.1, 0.15) is 48.8 Å². The van der Waals surface area contributed by atoms with Crippen molar-refractivity contribution in [2.75, 3.05) is 17.3 Å². The molecule has 1 amide bonds. The van der Waals surface area contributed by atoms with Crippen LogP contribution in [-0.2, 0) is 11.2 Å². The third-order valence-electron chi connectivity index (χ3n) is 5.56. The Hall–Kier alpha value is -3.00. The molecular formula is C24H29N5O2S.